The average molecular weight is 289 g/mol. The van der Waals surface area contributed by atoms with Gasteiger partial charge in [-0.25, -0.2) is 0 Å². The Bertz CT molecular complexity index is 796. The molecule has 0 fully saturated rings. The van der Waals surface area contributed by atoms with E-state index in [2.05, 4.69) is 16.8 Å². The summed E-state index contributed by atoms with van der Waals surface area (Å²) in [6, 6.07) is 19.5. The third-order valence-electron chi connectivity index (χ3n) is 2.99. The van der Waals surface area contributed by atoms with Crippen LogP contribution in [0.2, 0.25) is 0 Å². The fourth-order valence-electron chi connectivity index (χ4n) is 1.97. The third kappa shape index (κ3) is 3.18. The Balaban J connectivity index is 1.97. The highest BCUT2D eigenvalue weighted by molar-refractivity contribution is 5.56. The molecule has 0 saturated heterocycles. The maximum atomic E-state index is 5.69. The first kappa shape index (κ1) is 14.0. The van der Waals surface area contributed by atoms with Gasteiger partial charge < -0.3 is 9.15 Å². The summed E-state index contributed by atoms with van der Waals surface area (Å²) in [5, 5.41) is 0. The summed E-state index contributed by atoms with van der Waals surface area (Å²) >= 11 is 0. The van der Waals surface area contributed by atoms with Crippen molar-refractivity contribution >= 4 is 0 Å². The van der Waals surface area contributed by atoms with Crippen LogP contribution in [0, 0.1) is 11.8 Å². The largest absolute Gasteiger partial charge is 0.463 e. The number of ether oxygens (including phenoxy) is 1. The zero-order valence-electron chi connectivity index (χ0n) is 12.2. The van der Waals surface area contributed by atoms with Gasteiger partial charge in [0.2, 0.25) is 5.89 Å². The zero-order valence-corrected chi connectivity index (χ0v) is 12.2. The molecule has 108 valence electrons. The molecule has 3 heteroatoms. The van der Waals surface area contributed by atoms with Gasteiger partial charge >= 0.3 is 5.95 Å². The lowest BCUT2D eigenvalue weighted by atomic mass is 10.2. The van der Waals surface area contributed by atoms with Crippen LogP contribution in [0.15, 0.2) is 65.1 Å². The Morgan fingerprint density at radius 2 is 1.64 bits per heavy atom. The van der Waals surface area contributed by atoms with Gasteiger partial charge in [0.05, 0.1) is 6.61 Å². The summed E-state index contributed by atoms with van der Waals surface area (Å²) in [4.78, 5) is 4.45. The molecule has 0 aliphatic carbocycles. The standard InChI is InChI=1S/C19H15NO2/c1-2-21-19-17(14-13-15-9-5-3-6-10-15)20-18(22-19)16-11-7-4-8-12-16/h3-12H,2H2,1H3. The van der Waals surface area contributed by atoms with E-state index in [0.29, 0.717) is 24.1 Å². The second kappa shape index (κ2) is 6.64. The minimum absolute atomic E-state index is 0.366. The molecule has 0 spiro atoms. The van der Waals surface area contributed by atoms with Crippen molar-refractivity contribution in [3.05, 3.63) is 71.9 Å². The van der Waals surface area contributed by atoms with E-state index in [1.807, 2.05) is 67.6 Å². The highest BCUT2D eigenvalue weighted by atomic mass is 16.6. The summed E-state index contributed by atoms with van der Waals surface area (Å²) in [5.41, 5.74) is 2.34. The van der Waals surface area contributed by atoms with Crippen LogP contribution in [0.25, 0.3) is 11.5 Å². The molecule has 3 rings (SSSR count). The Labute approximate surface area is 129 Å². The van der Waals surface area contributed by atoms with Crippen LogP contribution in [-0.2, 0) is 0 Å². The molecule has 0 aliphatic rings. The predicted octanol–water partition coefficient (Wildman–Crippen LogP) is 4.14. The molecule has 22 heavy (non-hydrogen) atoms. The van der Waals surface area contributed by atoms with Crippen LogP contribution in [0.5, 0.6) is 5.95 Å². The molecule has 1 aromatic heterocycles. The number of benzene rings is 2. The maximum absolute atomic E-state index is 5.69. The summed E-state index contributed by atoms with van der Waals surface area (Å²) < 4.78 is 11.2. The van der Waals surface area contributed by atoms with Crippen LogP contribution in [-0.4, -0.2) is 11.6 Å². The van der Waals surface area contributed by atoms with Crippen molar-refractivity contribution in [1.82, 2.24) is 4.98 Å². The van der Waals surface area contributed by atoms with Gasteiger partial charge in [-0.3, -0.25) is 0 Å². The molecule has 0 aliphatic heterocycles. The lowest BCUT2D eigenvalue weighted by molar-refractivity contribution is 0.259. The molecule has 0 atom stereocenters. The SMILES string of the molecule is CCOc1oc(-c2ccccc2)nc1C#Cc1ccccc1. The first-order valence-electron chi connectivity index (χ1n) is 7.13. The van der Waals surface area contributed by atoms with Crippen molar-refractivity contribution in [3.8, 4) is 29.2 Å². The molecule has 0 radical (unpaired) electrons. The molecule has 0 amide bonds. The van der Waals surface area contributed by atoms with Crippen molar-refractivity contribution in [2.45, 2.75) is 6.92 Å². The first-order valence-corrected chi connectivity index (χ1v) is 7.13. The molecule has 0 saturated carbocycles. The van der Waals surface area contributed by atoms with E-state index >= 15 is 0 Å². The van der Waals surface area contributed by atoms with E-state index in [1.54, 1.807) is 0 Å². The Hall–Kier alpha value is -2.99. The monoisotopic (exact) mass is 289 g/mol. The number of rotatable bonds is 3. The molecule has 3 aromatic rings. The van der Waals surface area contributed by atoms with Crippen LogP contribution < -0.4 is 4.74 Å². The number of hydrogen-bond acceptors (Lipinski definition) is 3. The van der Waals surface area contributed by atoms with Crippen LogP contribution in [0.1, 0.15) is 18.2 Å². The van der Waals surface area contributed by atoms with E-state index in [9.17, 15) is 0 Å². The van der Waals surface area contributed by atoms with Crippen molar-refractivity contribution in [2.75, 3.05) is 6.61 Å². The van der Waals surface area contributed by atoms with E-state index in [-0.39, 0.29) is 0 Å². The highest BCUT2D eigenvalue weighted by Gasteiger charge is 2.13. The quantitative estimate of drug-likeness (QED) is 0.680. The normalized spacial score (nSPS) is 9.86. The van der Waals surface area contributed by atoms with Crippen molar-refractivity contribution in [2.24, 2.45) is 0 Å². The van der Waals surface area contributed by atoms with Crippen molar-refractivity contribution in [1.29, 1.82) is 0 Å². The maximum Gasteiger partial charge on any atom is 0.322 e. The smallest absolute Gasteiger partial charge is 0.322 e. The van der Waals surface area contributed by atoms with E-state index in [0.717, 1.165) is 11.1 Å². The van der Waals surface area contributed by atoms with Gasteiger partial charge in [0.15, 0.2) is 5.69 Å². The van der Waals surface area contributed by atoms with Gasteiger partial charge in [0.25, 0.3) is 0 Å². The molecule has 2 aromatic carbocycles. The van der Waals surface area contributed by atoms with Gasteiger partial charge in [-0.1, -0.05) is 42.3 Å². The van der Waals surface area contributed by atoms with Gasteiger partial charge in [-0.2, -0.15) is 4.98 Å². The summed E-state index contributed by atoms with van der Waals surface area (Å²) in [6.45, 7) is 2.41. The average Bonchev–Trinajstić information content (AvgIpc) is 2.98. The number of nitrogens with zero attached hydrogens (tertiary/aromatic N) is 1. The van der Waals surface area contributed by atoms with Crippen LogP contribution >= 0.6 is 0 Å². The van der Waals surface area contributed by atoms with Crippen LogP contribution in [0.4, 0.5) is 0 Å². The molecular weight excluding hydrogens is 274 g/mol. The minimum atomic E-state index is 0.366. The van der Waals surface area contributed by atoms with Crippen molar-refractivity contribution < 1.29 is 9.15 Å². The van der Waals surface area contributed by atoms with Gasteiger partial charge in [0.1, 0.15) is 0 Å². The summed E-state index contributed by atoms with van der Waals surface area (Å²) in [5.74, 6) is 6.98. The molecule has 3 nitrogen and oxygen atoms in total. The second-order valence-corrected chi connectivity index (χ2v) is 4.57. The number of aromatic nitrogens is 1. The molecule has 0 N–H and O–H groups in total. The fraction of sp³-hybridized carbons (Fsp3) is 0.105. The fourth-order valence-corrected chi connectivity index (χ4v) is 1.97. The van der Waals surface area contributed by atoms with E-state index in [1.165, 1.54) is 0 Å². The van der Waals surface area contributed by atoms with Crippen LogP contribution in [0.3, 0.4) is 0 Å². The lowest BCUT2D eigenvalue weighted by Crippen LogP contribution is -1.91. The number of oxazole rings is 1. The van der Waals surface area contributed by atoms with E-state index < -0.39 is 0 Å². The first-order chi connectivity index (χ1) is 10.9. The number of hydrogen-bond donors (Lipinski definition) is 0. The molecule has 0 unspecified atom stereocenters. The summed E-state index contributed by atoms with van der Waals surface area (Å²) in [6.07, 6.45) is 0. The van der Waals surface area contributed by atoms with Gasteiger partial charge in [-0.05, 0) is 37.1 Å². The molecule has 0 bridgehead atoms. The minimum Gasteiger partial charge on any atom is -0.463 e. The van der Waals surface area contributed by atoms with Gasteiger partial charge in [-0.15, -0.1) is 0 Å². The predicted molar refractivity (Wildman–Crippen MR) is 85.5 cm³/mol. The summed E-state index contributed by atoms with van der Waals surface area (Å²) in [7, 11) is 0. The molecule has 1 heterocycles. The second-order valence-electron chi connectivity index (χ2n) is 4.57. The Morgan fingerprint density at radius 1 is 0.955 bits per heavy atom. The zero-order chi connectivity index (χ0) is 15.2. The Kier molecular flexibility index (Phi) is 4.22. The van der Waals surface area contributed by atoms with Gasteiger partial charge in [0, 0.05) is 11.1 Å². The lowest BCUT2D eigenvalue weighted by Gasteiger charge is -1.96. The highest BCUT2D eigenvalue weighted by Crippen LogP contribution is 2.26. The third-order valence-corrected chi connectivity index (χ3v) is 2.99. The Morgan fingerprint density at radius 3 is 2.32 bits per heavy atom. The molecular formula is C19H15NO2. The topological polar surface area (TPSA) is 35.3 Å². The van der Waals surface area contributed by atoms with Crippen molar-refractivity contribution in [3.63, 3.8) is 0 Å². The van der Waals surface area contributed by atoms with E-state index in [4.69, 9.17) is 9.15 Å².